The van der Waals surface area contributed by atoms with Gasteiger partial charge in [0.15, 0.2) is 0 Å². The molecule has 8 nitrogen and oxygen atoms in total. The average Bonchev–Trinajstić information content (AvgIpc) is 2.84. The summed E-state index contributed by atoms with van der Waals surface area (Å²) in [4.78, 5) is 40.8. The van der Waals surface area contributed by atoms with Crippen molar-refractivity contribution in [2.75, 3.05) is 18.6 Å². The zero-order valence-electron chi connectivity index (χ0n) is 15.6. The van der Waals surface area contributed by atoms with E-state index >= 15 is 0 Å². The minimum absolute atomic E-state index is 0.0622. The number of amides is 1. The number of aryl methyl sites for hydroxylation is 1. The molecule has 1 aromatic heterocycles. The average molecular weight is 382 g/mol. The molecule has 0 saturated heterocycles. The minimum Gasteiger partial charge on any atom is -0.462 e. The van der Waals surface area contributed by atoms with Crippen LogP contribution in [-0.2, 0) is 19.7 Å². The van der Waals surface area contributed by atoms with E-state index < -0.39 is 22.9 Å². The van der Waals surface area contributed by atoms with Crippen LogP contribution in [-0.4, -0.2) is 25.5 Å². The summed E-state index contributed by atoms with van der Waals surface area (Å²) in [5, 5.41) is 0. The first-order chi connectivity index (χ1) is 13.3. The monoisotopic (exact) mass is 382 g/mol. The van der Waals surface area contributed by atoms with E-state index in [0.717, 1.165) is 0 Å². The Morgan fingerprint density at radius 2 is 2.00 bits per heavy atom. The molecule has 8 heteroatoms. The third-order valence-corrected chi connectivity index (χ3v) is 5.03. The summed E-state index contributed by atoms with van der Waals surface area (Å²) in [5.74, 6) is -1.25. The molecule has 1 atom stereocenters. The third kappa shape index (κ3) is 2.08. The van der Waals surface area contributed by atoms with E-state index in [1.165, 1.54) is 11.0 Å². The smallest absolute Gasteiger partial charge is 0.344 e. The van der Waals surface area contributed by atoms with Gasteiger partial charge in [0.1, 0.15) is 28.1 Å². The number of nitrogens with two attached hydrogens (primary N) is 1. The SMILES string of the molecule is CCOC(=O)C1=C(N)Oc2cc(C)oc(=O)c2C12C(=O)N(C)c1ccccc12. The molecule has 144 valence electrons. The van der Waals surface area contributed by atoms with Gasteiger partial charge in [-0.3, -0.25) is 4.79 Å². The van der Waals surface area contributed by atoms with E-state index in [4.69, 9.17) is 19.6 Å². The minimum atomic E-state index is -1.80. The predicted octanol–water partition coefficient (Wildman–Crippen LogP) is 1.34. The summed E-state index contributed by atoms with van der Waals surface area (Å²) >= 11 is 0. The van der Waals surface area contributed by atoms with Gasteiger partial charge in [-0.2, -0.15) is 0 Å². The number of hydrogen-bond donors (Lipinski definition) is 1. The zero-order valence-corrected chi connectivity index (χ0v) is 15.6. The first kappa shape index (κ1) is 17.8. The molecule has 1 unspecified atom stereocenters. The maximum absolute atomic E-state index is 13.6. The highest BCUT2D eigenvalue weighted by atomic mass is 16.5. The Morgan fingerprint density at radius 3 is 2.71 bits per heavy atom. The van der Waals surface area contributed by atoms with Crippen LogP contribution in [0, 0.1) is 6.92 Å². The molecule has 0 radical (unpaired) electrons. The Hall–Kier alpha value is -3.55. The summed E-state index contributed by atoms with van der Waals surface area (Å²) in [7, 11) is 1.57. The second-order valence-electron chi connectivity index (χ2n) is 6.58. The number of fused-ring (bicyclic) bond motifs is 4. The number of rotatable bonds is 2. The number of esters is 1. The van der Waals surface area contributed by atoms with Crippen LogP contribution in [0.2, 0.25) is 0 Å². The molecule has 0 aliphatic carbocycles. The lowest BCUT2D eigenvalue weighted by molar-refractivity contribution is -0.140. The van der Waals surface area contributed by atoms with Crippen LogP contribution in [0.3, 0.4) is 0 Å². The molecule has 2 aliphatic heterocycles. The third-order valence-electron chi connectivity index (χ3n) is 5.03. The van der Waals surface area contributed by atoms with E-state index in [9.17, 15) is 14.4 Å². The van der Waals surface area contributed by atoms with Crippen molar-refractivity contribution >= 4 is 17.6 Å². The normalized spacial score (nSPS) is 20.1. The first-order valence-corrected chi connectivity index (χ1v) is 8.72. The standard InChI is InChI=1S/C20H18N2O6/c1-4-26-17(23)15-16(21)28-13-9-10(2)27-18(24)14(13)20(15)11-7-5-6-8-12(11)22(3)19(20)25/h5-9H,4,21H2,1-3H3. The van der Waals surface area contributed by atoms with Gasteiger partial charge in [0.25, 0.3) is 0 Å². The molecule has 28 heavy (non-hydrogen) atoms. The van der Waals surface area contributed by atoms with Gasteiger partial charge in [-0.25, -0.2) is 9.59 Å². The van der Waals surface area contributed by atoms with E-state index in [-0.39, 0.29) is 29.4 Å². The van der Waals surface area contributed by atoms with Gasteiger partial charge >= 0.3 is 11.6 Å². The van der Waals surface area contributed by atoms with Crippen LogP contribution >= 0.6 is 0 Å². The number of carbonyl (C=O) groups is 2. The number of likely N-dealkylation sites (N-methyl/N-ethyl adjacent to an activating group) is 1. The molecule has 0 fully saturated rings. The van der Waals surface area contributed by atoms with Crippen molar-refractivity contribution in [2.45, 2.75) is 19.3 Å². The van der Waals surface area contributed by atoms with Gasteiger partial charge in [-0.1, -0.05) is 18.2 Å². The molecule has 2 N–H and O–H groups in total. The van der Waals surface area contributed by atoms with Gasteiger partial charge in [-0.05, 0) is 19.9 Å². The molecule has 2 aromatic rings. The lowest BCUT2D eigenvalue weighted by Gasteiger charge is -2.34. The van der Waals surface area contributed by atoms with Crippen molar-refractivity contribution in [2.24, 2.45) is 5.73 Å². The van der Waals surface area contributed by atoms with Crippen LogP contribution in [0.4, 0.5) is 5.69 Å². The van der Waals surface area contributed by atoms with Crippen molar-refractivity contribution in [3.63, 3.8) is 0 Å². The molecule has 4 rings (SSSR count). The number of para-hydroxylation sites is 1. The first-order valence-electron chi connectivity index (χ1n) is 8.72. The fraction of sp³-hybridized carbons (Fsp3) is 0.250. The zero-order chi connectivity index (χ0) is 20.2. The Bertz CT molecular complexity index is 1120. The number of nitrogens with zero attached hydrogens (tertiary/aromatic N) is 1. The van der Waals surface area contributed by atoms with Gasteiger partial charge in [0.05, 0.1) is 6.61 Å². The van der Waals surface area contributed by atoms with Gasteiger partial charge in [-0.15, -0.1) is 0 Å². The number of anilines is 1. The number of benzene rings is 1. The molecule has 0 saturated carbocycles. The van der Waals surface area contributed by atoms with E-state index in [0.29, 0.717) is 17.0 Å². The predicted molar refractivity (Wildman–Crippen MR) is 98.8 cm³/mol. The second kappa shape index (κ2) is 5.98. The maximum Gasteiger partial charge on any atom is 0.344 e. The molecule has 1 spiro atoms. The van der Waals surface area contributed by atoms with Crippen LogP contribution in [0.25, 0.3) is 0 Å². The van der Waals surface area contributed by atoms with Crippen molar-refractivity contribution < 1.29 is 23.5 Å². The molecule has 1 amide bonds. The van der Waals surface area contributed by atoms with Crippen LogP contribution in [0.5, 0.6) is 5.75 Å². The molecule has 3 heterocycles. The van der Waals surface area contributed by atoms with Crippen LogP contribution in [0.1, 0.15) is 23.8 Å². The Morgan fingerprint density at radius 1 is 1.29 bits per heavy atom. The summed E-state index contributed by atoms with van der Waals surface area (Å²) in [6.07, 6.45) is 0. The van der Waals surface area contributed by atoms with Gasteiger partial charge < -0.3 is 24.5 Å². The van der Waals surface area contributed by atoms with Crippen molar-refractivity contribution in [3.05, 3.63) is 69.1 Å². The lowest BCUT2D eigenvalue weighted by Crippen LogP contribution is -2.50. The summed E-state index contributed by atoms with van der Waals surface area (Å²) < 4.78 is 16.0. The Kier molecular flexibility index (Phi) is 3.81. The van der Waals surface area contributed by atoms with Crippen molar-refractivity contribution in [1.82, 2.24) is 0 Å². The Balaban J connectivity index is 2.18. The highest BCUT2D eigenvalue weighted by Crippen LogP contribution is 2.54. The second-order valence-corrected chi connectivity index (χ2v) is 6.58. The molecular formula is C20H18N2O6. The number of ether oxygens (including phenoxy) is 2. The maximum atomic E-state index is 13.6. The topological polar surface area (TPSA) is 112 Å². The van der Waals surface area contributed by atoms with Crippen molar-refractivity contribution in [3.8, 4) is 5.75 Å². The van der Waals surface area contributed by atoms with Crippen LogP contribution in [0.15, 0.2) is 51.0 Å². The number of hydrogen-bond acceptors (Lipinski definition) is 7. The summed E-state index contributed by atoms with van der Waals surface area (Å²) in [6, 6.07) is 8.36. The van der Waals surface area contributed by atoms with E-state index in [1.807, 2.05) is 0 Å². The van der Waals surface area contributed by atoms with Crippen LogP contribution < -0.4 is 21.0 Å². The fourth-order valence-corrected chi connectivity index (χ4v) is 3.98. The molecule has 2 aliphatic rings. The molecule has 1 aromatic carbocycles. The van der Waals surface area contributed by atoms with Gasteiger partial charge in [0.2, 0.25) is 11.8 Å². The van der Waals surface area contributed by atoms with E-state index in [2.05, 4.69) is 0 Å². The summed E-state index contributed by atoms with van der Waals surface area (Å²) in [6.45, 7) is 3.27. The quantitative estimate of drug-likeness (QED) is 0.780. The van der Waals surface area contributed by atoms with Crippen molar-refractivity contribution in [1.29, 1.82) is 0 Å². The van der Waals surface area contributed by atoms with Gasteiger partial charge in [0, 0.05) is 24.4 Å². The molecule has 0 bridgehead atoms. The largest absolute Gasteiger partial charge is 0.462 e. The summed E-state index contributed by atoms with van der Waals surface area (Å²) in [5.41, 5.74) is 4.20. The molecular weight excluding hydrogens is 364 g/mol. The lowest BCUT2D eigenvalue weighted by atomic mass is 9.69. The van der Waals surface area contributed by atoms with E-state index in [1.54, 1.807) is 45.2 Å². The highest BCUT2D eigenvalue weighted by Gasteiger charge is 2.62. The number of carbonyl (C=O) groups excluding carboxylic acids is 2. The fourth-order valence-electron chi connectivity index (χ4n) is 3.98. The Labute approximate surface area is 160 Å². The highest BCUT2D eigenvalue weighted by molar-refractivity contribution is 6.18.